The lowest BCUT2D eigenvalue weighted by Gasteiger charge is -2.15. The Balaban J connectivity index is 1.28. The highest BCUT2D eigenvalue weighted by Crippen LogP contribution is 2.39. The summed E-state index contributed by atoms with van der Waals surface area (Å²) in [6.45, 7) is 5.67. The molecule has 0 aliphatic carbocycles. The minimum atomic E-state index is -0.584. The van der Waals surface area contributed by atoms with E-state index in [4.69, 9.17) is 28.4 Å². The molecule has 0 spiro atoms. The summed E-state index contributed by atoms with van der Waals surface area (Å²) in [5, 5.41) is 0. The van der Waals surface area contributed by atoms with Crippen molar-refractivity contribution in [2.45, 2.75) is 78.6 Å². The second kappa shape index (κ2) is 16.8. The Hall–Kier alpha value is -4.55. The summed E-state index contributed by atoms with van der Waals surface area (Å²) in [5.41, 5.74) is 2.85. The van der Waals surface area contributed by atoms with Gasteiger partial charge in [0.25, 0.3) is 0 Å². The molecule has 0 saturated carbocycles. The van der Waals surface area contributed by atoms with Crippen LogP contribution >= 0.6 is 0 Å². The minimum Gasteiger partial charge on any atom is -0.493 e. The molecule has 0 aromatic heterocycles. The molecule has 0 N–H and O–H groups in total. The van der Waals surface area contributed by atoms with Crippen molar-refractivity contribution in [1.29, 1.82) is 0 Å². The Morgan fingerprint density at radius 1 is 0.681 bits per heavy atom. The summed E-state index contributed by atoms with van der Waals surface area (Å²) in [6.07, 6.45) is 1.20. The highest BCUT2D eigenvalue weighted by molar-refractivity contribution is 5.82. The van der Waals surface area contributed by atoms with Crippen LogP contribution in [0, 0.1) is 5.82 Å². The number of hydrogen-bond donors (Lipinski definition) is 0. The normalized spacial score (nSPS) is 13.1. The van der Waals surface area contributed by atoms with Gasteiger partial charge in [-0.25, -0.2) is 4.39 Å². The first-order valence-corrected chi connectivity index (χ1v) is 15.9. The summed E-state index contributed by atoms with van der Waals surface area (Å²) < 4.78 is 48.3. The molecule has 2 aromatic carbocycles. The van der Waals surface area contributed by atoms with Crippen molar-refractivity contribution in [1.82, 2.24) is 9.80 Å². The van der Waals surface area contributed by atoms with E-state index in [9.17, 15) is 19.2 Å². The third kappa shape index (κ3) is 9.05. The second-order valence-corrected chi connectivity index (χ2v) is 11.2. The Morgan fingerprint density at radius 3 is 1.85 bits per heavy atom. The maximum absolute atomic E-state index is 15.6. The van der Waals surface area contributed by atoms with Gasteiger partial charge in [-0.15, -0.1) is 0 Å². The van der Waals surface area contributed by atoms with Crippen molar-refractivity contribution in [3.05, 3.63) is 46.3 Å². The van der Waals surface area contributed by atoms with Crippen LogP contribution < -0.4 is 18.9 Å². The molecule has 0 fully saturated rings. The van der Waals surface area contributed by atoms with Crippen LogP contribution in [0.1, 0.15) is 74.6 Å². The summed E-state index contributed by atoms with van der Waals surface area (Å²) in [7, 11) is 2.96. The van der Waals surface area contributed by atoms with Gasteiger partial charge in [-0.2, -0.15) is 0 Å². The fraction of sp³-hybridized carbons (Fsp3) is 0.529. The first kappa shape index (κ1) is 35.3. The van der Waals surface area contributed by atoms with Crippen LogP contribution in [-0.2, 0) is 54.8 Å². The fourth-order valence-electron chi connectivity index (χ4n) is 5.45. The zero-order valence-electron chi connectivity index (χ0n) is 27.5. The zero-order chi connectivity index (χ0) is 33.9. The van der Waals surface area contributed by atoms with Crippen LogP contribution in [0.5, 0.6) is 23.0 Å². The number of ether oxygens (including phenoxy) is 6. The first-order chi connectivity index (χ1) is 22.7. The molecular formula is C34H43FN2O10. The van der Waals surface area contributed by atoms with Gasteiger partial charge in [-0.3, -0.25) is 19.2 Å². The molecule has 2 aliphatic rings. The van der Waals surface area contributed by atoms with Gasteiger partial charge < -0.3 is 38.2 Å². The molecule has 4 rings (SSSR count). The third-order valence-electron chi connectivity index (χ3n) is 7.88. The predicted molar refractivity (Wildman–Crippen MR) is 166 cm³/mol. The van der Waals surface area contributed by atoms with E-state index in [1.165, 1.54) is 19.1 Å². The van der Waals surface area contributed by atoms with Crippen molar-refractivity contribution in [3.63, 3.8) is 0 Å². The number of carbonyl (C=O) groups excluding carboxylic acids is 4. The highest BCUT2D eigenvalue weighted by Gasteiger charge is 2.31. The molecule has 13 heteroatoms. The van der Waals surface area contributed by atoms with E-state index in [1.54, 1.807) is 17.9 Å². The van der Waals surface area contributed by atoms with Gasteiger partial charge in [0.1, 0.15) is 0 Å². The van der Waals surface area contributed by atoms with E-state index < -0.39 is 17.8 Å². The number of rotatable bonds is 17. The van der Waals surface area contributed by atoms with Gasteiger partial charge in [0, 0.05) is 51.0 Å². The van der Waals surface area contributed by atoms with Gasteiger partial charge >= 0.3 is 11.9 Å². The second-order valence-electron chi connectivity index (χ2n) is 11.2. The molecule has 2 aliphatic heterocycles. The summed E-state index contributed by atoms with van der Waals surface area (Å²) in [6, 6.07) is 5.36. The molecule has 0 saturated heterocycles. The maximum atomic E-state index is 15.6. The molecule has 2 aromatic rings. The van der Waals surface area contributed by atoms with E-state index in [0.29, 0.717) is 55.2 Å². The molecule has 0 atom stereocenters. The van der Waals surface area contributed by atoms with Crippen LogP contribution in [0.4, 0.5) is 4.39 Å². The Morgan fingerprint density at radius 2 is 1.23 bits per heavy atom. The highest BCUT2D eigenvalue weighted by atomic mass is 19.1. The lowest BCUT2D eigenvalue weighted by molar-refractivity contribution is -0.146. The molecule has 0 unspecified atom stereocenters. The van der Waals surface area contributed by atoms with Gasteiger partial charge in [0.15, 0.2) is 28.8 Å². The van der Waals surface area contributed by atoms with Crippen LogP contribution in [0.2, 0.25) is 0 Å². The number of fused-ring (bicyclic) bond motifs is 2. The standard InChI is InChI=1S/C34H43FN2O10/c1-5-12-46-32(41)11-9-30(39)37-20-24-17-28(43-4)34(33(35)25(24)21-37)47-14-7-13-45-27-16-23-19-36(18-22(23)15-26(27)42-3)29(38)8-10-31(40)44-6-2/h15-17H,5-14,18-21H2,1-4H3. The fourth-order valence-corrected chi connectivity index (χ4v) is 5.45. The van der Waals surface area contributed by atoms with Crippen molar-refractivity contribution in [2.75, 3.05) is 40.6 Å². The van der Waals surface area contributed by atoms with Crippen LogP contribution in [0.3, 0.4) is 0 Å². The molecule has 0 bridgehead atoms. The van der Waals surface area contributed by atoms with Crippen LogP contribution in [-0.4, -0.2) is 74.2 Å². The van der Waals surface area contributed by atoms with Crippen molar-refractivity contribution in [3.8, 4) is 23.0 Å². The number of carbonyl (C=O) groups is 4. The number of benzene rings is 2. The Bertz CT molecular complexity index is 1460. The van der Waals surface area contributed by atoms with Crippen LogP contribution in [0.25, 0.3) is 0 Å². The van der Waals surface area contributed by atoms with Crippen molar-refractivity contribution in [2.24, 2.45) is 0 Å². The Kier molecular flexibility index (Phi) is 12.7. The Labute approximate surface area is 274 Å². The average Bonchev–Trinajstić information content (AvgIpc) is 3.70. The lowest BCUT2D eigenvalue weighted by Crippen LogP contribution is -2.26. The quantitative estimate of drug-likeness (QED) is 0.178. The summed E-state index contributed by atoms with van der Waals surface area (Å²) >= 11 is 0. The summed E-state index contributed by atoms with van der Waals surface area (Å²) in [5.74, 6) is -0.581. The maximum Gasteiger partial charge on any atom is 0.306 e. The lowest BCUT2D eigenvalue weighted by atomic mass is 10.1. The average molecular weight is 659 g/mol. The predicted octanol–water partition coefficient (Wildman–Crippen LogP) is 4.45. The molecule has 2 amide bonds. The number of nitrogens with zero attached hydrogens (tertiary/aromatic N) is 2. The topological polar surface area (TPSA) is 130 Å². The number of hydrogen-bond acceptors (Lipinski definition) is 10. The van der Waals surface area contributed by atoms with Crippen molar-refractivity contribution >= 4 is 23.8 Å². The third-order valence-corrected chi connectivity index (χ3v) is 7.88. The number of methoxy groups -OCH3 is 2. The molecule has 256 valence electrons. The number of halogens is 1. The number of esters is 2. The molecule has 12 nitrogen and oxygen atoms in total. The minimum absolute atomic E-state index is 0.0127. The molecule has 47 heavy (non-hydrogen) atoms. The summed E-state index contributed by atoms with van der Waals surface area (Å²) in [4.78, 5) is 52.0. The molecule has 0 radical (unpaired) electrons. The van der Waals surface area contributed by atoms with E-state index in [-0.39, 0.29) is 81.9 Å². The molecule has 2 heterocycles. The van der Waals surface area contributed by atoms with E-state index in [1.807, 2.05) is 19.1 Å². The smallest absolute Gasteiger partial charge is 0.306 e. The van der Waals surface area contributed by atoms with Gasteiger partial charge in [-0.05, 0) is 48.2 Å². The zero-order valence-corrected chi connectivity index (χ0v) is 27.5. The largest absolute Gasteiger partial charge is 0.493 e. The van der Waals surface area contributed by atoms with Crippen LogP contribution in [0.15, 0.2) is 18.2 Å². The first-order valence-electron chi connectivity index (χ1n) is 15.9. The molecular weight excluding hydrogens is 615 g/mol. The van der Waals surface area contributed by atoms with Gasteiger partial charge in [0.05, 0.1) is 53.5 Å². The van der Waals surface area contributed by atoms with Gasteiger partial charge in [-0.1, -0.05) is 6.92 Å². The monoisotopic (exact) mass is 658 g/mol. The van der Waals surface area contributed by atoms with E-state index >= 15 is 4.39 Å². The van der Waals surface area contributed by atoms with E-state index in [2.05, 4.69) is 0 Å². The SMILES string of the molecule is CCCOC(=O)CCC(=O)N1Cc2cc(OC)c(OCCCOc3cc4c(cc3OC)CN(C(=O)CCC(=O)OCC)C4)c(F)c2C1. The van der Waals surface area contributed by atoms with Gasteiger partial charge in [0.2, 0.25) is 11.8 Å². The van der Waals surface area contributed by atoms with E-state index in [0.717, 1.165) is 11.1 Å². The van der Waals surface area contributed by atoms with Crippen molar-refractivity contribution < 1.29 is 52.0 Å². The number of amides is 2.